The van der Waals surface area contributed by atoms with Crippen molar-refractivity contribution in [3.8, 4) is 0 Å². The standard InChI is InChI=1S/C20H23N7O2/c1-14-24-18(12-19(25-14)27-8-10-29-11-9-27)21-6-7-22-20(28)17-13-23-15-4-2-3-5-16(15)26-17/h2-5,12-13H,6-11H2,1H3,(H,22,28)(H,21,24,25). The normalized spacial score (nSPS) is 14.0. The van der Waals surface area contributed by atoms with Gasteiger partial charge in [0.1, 0.15) is 23.2 Å². The molecule has 29 heavy (non-hydrogen) atoms. The van der Waals surface area contributed by atoms with Gasteiger partial charge in [0.2, 0.25) is 0 Å². The molecule has 3 aromatic rings. The SMILES string of the molecule is Cc1nc(NCCNC(=O)c2cnc3ccccc3n2)cc(N2CCOCC2)n1. The second kappa shape index (κ2) is 8.78. The van der Waals surface area contributed by atoms with Crippen molar-refractivity contribution in [2.24, 2.45) is 0 Å². The molecule has 0 atom stereocenters. The summed E-state index contributed by atoms with van der Waals surface area (Å²) in [5.74, 6) is 2.07. The molecular weight excluding hydrogens is 370 g/mol. The summed E-state index contributed by atoms with van der Waals surface area (Å²) in [6.07, 6.45) is 1.49. The average molecular weight is 393 g/mol. The fourth-order valence-electron chi connectivity index (χ4n) is 3.12. The van der Waals surface area contributed by atoms with Gasteiger partial charge in [0.15, 0.2) is 0 Å². The number of fused-ring (bicyclic) bond motifs is 1. The molecule has 2 N–H and O–H groups in total. The highest BCUT2D eigenvalue weighted by molar-refractivity contribution is 5.93. The summed E-state index contributed by atoms with van der Waals surface area (Å²) >= 11 is 0. The van der Waals surface area contributed by atoms with Crippen LogP contribution in [0.25, 0.3) is 11.0 Å². The van der Waals surface area contributed by atoms with Gasteiger partial charge in [-0.3, -0.25) is 9.78 Å². The Morgan fingerprint density at radius 2 is 1.90 bits per heavy atom. The molecule has 0 saturated carbocycles. The molecule has 1 aliphatic heterocycles. The summed E-state index contributed by atoms with van der Waals surface area (Å²) in [4.78, 5) is 32.1. The molecule has 3 heterocycles. The van der Waals surface area contributed by atoms with Crippen molar-refractivity contribution in [1.82, 2.24) is 25.3 Å². The van der Waals surface area contributed by atoms with Gasteiger partial charge >= 0.3 is 0 Å². The Morgan fingerprint density at radius 1 is 1.10 bits per heavy atom. The lowest BCUT2D eigenvalue weighted by Gasteiger charge is -2.28. The summed E-state index contributed by atoms with van der Waals surface area (Å²) in [7, 11) is 0. The zero-order valence-electron chi connectivity index (χ0n) is 16.3. The van der Waals surface area contributed by atoms with Gasteiger partial charge in [-0.25, -0.2) is 15.0 Å². The van der Waals surface area contributed by atoms with Crippen LogP contribution < -0.4 is 15.5 Å². The van der Waals surface area contributed by atoms with E-state index in [1.165, 1.54) is 6.20 Å². The van der Waals surface area contributed by atoms with Gasteiger partial charge in [-0.2, -0.15) is 0 Å². The van der Waals surface area contributed by atoms with Crippen LogP contribution in [0, 0.1) is 6.92 Å². The van der Waals surface area contributed by atoms with Crippen LogP contribution in [-0.2, 0) is 4.74 Å². The largest absolute Gasteiger partial charge is 0.378 e. The molecule has 0 spiro atoms. The van der Waals surface area contributed by atoms with Crippen molar-refractivity contribution < 1.29 is 9.53 Å². The highest BCUT2D eigenvalue weighted by Gasteiger charge is 2.14. The number of para-hydroxylation sites is 2. The number of benzene rings is 1. The number of carbonyl (C=O) groups is 1. The Hall–Kier alpha value is -3.33. The highest BCUT2D eigenvalue weighted by Crippen LogP contribution is 2.17. The van der Waals surface area contributed by atoms with Crippen molar-refractivity contribution in [1.29, 1.82) is 0 Å². The minimum Gasteiger partial charge on any atom is -0.378 e. The number of hydrogen-bond acceptors (Lipinski definition) is 8. The molecule has 1 amide bonds. The molecule has 9 heteroatoms. The molecule has 1 aromatic carbocycles. The molecule has 4 rings (SSSR count). The molecule has 1 fully saturated rings. The highest BCUT2D eigenvalue weighted by atomic mass is 16.5. The van der Waals surface area contributed by atoms with Crippen LogP contribution in [-0.4, -0.2) is 65.2 Å². The maximum Gasteiger partial charge on any atom is 0.271 e. The lowest BCUT2D eigenvalue weighted by atomic mass is 10.3. The number of aromatic nitrogens is 4. The second-order valence-electron chi connectivity index (χ2n) is 6.68. The molecule has 0 aliphatic carbocycles. The van der Waals surface area contributed by atoms with Gasteiger partial charge in [0.25, 0.3) is 5.91 Å². The lowest BCUT2D eigenvalue weighted by Crippen LogP contribution is -2.37. The van der Waals surface area contributed by atoms with E-state index in [-0.39, 0.29) is 5.91 Å². The Kier molecular flexibility index (Phi) is 5.76. The quantitative estimate of drug-likeness (QED) is 0.606. The third kappa shape index (κ3) is 4.75. The first-order valence-corrected chi connectivity index (χ1v) is 9.61. The van der Waals surface area contributed by atoms with E-state index < -0.39 is 0 Å². The van der Waals surface area contributed by atoms with E-state index >= 15 is 0 Å². The fourth-order valence-corrected chi connectivity index (χ4v) is 3.12. The first-order chi connectivity index (χ1) is 14.2. The maximum atomic E-state index is 12.3. The first-order valence-electron chi connectivity index (χ1n) is 9.61. The zero-order valence-corrected chi connectivity index (χ0v) is 16.3. The summed E-state index contributed by atoms with van der Waals surface area (Å²) in [6, 6.07) is 9.39. The van der Waals surface area contributed by atoms with E-state index in [0.29, 0.717) is 43.3 Å². The predicted octanol–water partition coefficient (Wildman–Crippen LogP) is 1.41. The van der Waals surface area contributed by atoms with Crippen LogP contribution in [0.2, 0.25) is 0 Å². The van der Waals surface area contributed by atoms with Gasteiger partial charge in [-0.1, -0.05) is 12.1 Å². The van der Waals surface area contributed by atoms with E-state index in [0.717, 1.165) is 30.2 Å². The topological polar surface area (TPSA) is 105 Å². The Morgan fingerprint density at radius 3 is 2.72 bits per heavy atom. The number of ether oxygens (including phenoxy) is 1. The van der Waals surface area contributed by atoms with Crippen LogP contribution in [0.15, 0.2) is 36.5 Å². The number of amides is 1. The number of rotatable bonds is 6. The third-order valence-electron chi connectivity index (χ3n) is 4.56. The zero-order chi connectivity index (χ0) is 20.1. The van der Waals surface area contributed by atoms with Gasteiger partial charge in [0, 0.05) is 32.2 Å². The third-order valence-corrected chi connectivity index (χ3v) is 4.56. The second-order valence-corrected chi connectivity index (χ2v) is 6.68. The number of hydrogen-bond donors (Lipinski definition) is 2. The first kappa shape index (κ1) is 19.0. The number of nitrogens with zero attached hydrogens (tertiary/aromatic N) is 5. The monoisotopic (exact) mass is 393 g/mol. The average Bonchev–Trinajstić information content (AvgIpc) is 2.76. The van der Waals surface area contributed by atoms with E-state index in [1.807, 2.05) is 37.3 Å². The van der Waals surface area contributed by atoms with Gasteiger partial charge in [-0.05, 0) is 19.1 Å². The van der Waals surface area contributed by atoms with Gasteiger partial charge in [0.05, 0.1) is 30.4 Å². The minimum atomic E-state index is -0.252. The summed E-state index contributed by atoms with van der Waals surface area (Å²) in [6.45, 7) is 5.88. The van der Waals surface area contributed by atoms with Crippen LogP contribution >= 0.6 is 0 Å². The Bertz CT molecular complexity index is 1010. The fraction of sp³-hybridized carbons (Fsp3) is 0.350. The van der Waals surface area contributed by atoms with Gasteiger partial charge < -0.3 is 20.3 Å². The number of carbonyl (C=O) groups excluding carboxylic acids is 1. The van der Waals surface area contributed by atoms with E-state index in [4.69, 9.17) is 4.74 Å². The van der Waals surface area contributed by atoms with Crippen molar-refractivity contribution in [2.45, 2.75) is 6.92 Å². The van der Waals surface area contributed by atoms with Crippen LogP contribution in [0.4, 0.5) is 11.6 Å². The van der Waals surface area contributed by atoms with E-state index in [1.54, 1.807) is 0 Å². The molecule has 1 aliphatic rings. The van der Waals surface area contributed by atoms with Crippen LogP contribution in [0.5, 0.6) is 0 Å². The molecule has 9 nitrogen and oxygen atoms in total. The number of anilines is 2. The van der Waals surface area contributed by atoms with Crippen LogP contribution in [0.1, 0.15) is 16.3 Å². The molecular formula is C20H23N7O2. The Labute approximate surface area is 168 Å². The number of morpholine rings is 1. The molecule has 2 aromatic heterocycles. The molecule has 150 valence electrons. The molecule has 1 saturated heterocycles. The smallest absolute Gasteiger partial charge is 0.271 e. The van der Waals surface area contributed by atoms with E-state index in [9.17, 15) is 4.79 Å². The molecule has 0 unspecified atom stereocenters. The van der Waals surface area contributed by atoms with E-state index in [2.05, 4.69) is 35.5 Å². The van der Waals surface area contributed by atoms with Crippen molar-refractivity contribution in [2.75, 3.05) is 49.6 Å². The van der Waals surface area contributed by atoms with Crippen molar-refractivity contribution >= 4 is 28.6 Å². The minimum absolute atomic E-state index is 0.252. The van der Waals surface area contributed by atoms with Gasteiger partial charge in [-0.15, -0.1) is 0 Å². The van der Waals surface area contributed by atoms with Crippen molar-refractivity contribution in [3.05, 3.63) is 48.0 Å². The predicted molar refractivity (Wildman–Crippen MR) is 110 cm³/mol. The molecule has 0 bridgehead atoms. The summed E-state index contributed by atoms with van der Waals surface area (Å²) < 4.78 is 5.39. The van der Waals surface area contributed by atoms with Crippen molar-refractivity contribution in [3.63, 3.8) is 0 Å². The summed E-state index contributed by atoms with van der Waals surface area (Å²) in [5.41, 5.74) is 1.77. The lowest BCUT2D eigenvalue weighted by molar-refractivity contribution is 0.0950. The van der Waals surface area contributed by atoms with Crippen LogP contribution in [0.3, 0.4) is 0 Å². The number of aryl methyl sites for hydroxylation is 1. The Balaban J connectivity index is 1.31. The summed E-state index contributed by atoms with van der Waals surface area (Å²) in [5, 5.41) is 6.09. The number of nitrogens with one attached hydrogen (secondary N) is 2. The molecule has 0 radical (unpaired) electrons. The maximum absolute atomic E-state index is 12.3.